The molecule has 0 saturated heterocycles. The van der Waals surface area contributed by atoms with Crippen LogP contribution < -0.4 is 4.74 Å². The van der Waals surface area contributed by atoms with Crippen molar-refractivity contribution in [2.75, 3.05) is 0 Å². The van der Waals surface area contributed by atoms with Crippen LogP contribution in [0.3, 0.4) is 0 Å². The van der Waals surface area contributed by atoms with Crippen molar-refractivity contribution in [2.45, 2.75) is 6.61 Å². The highest BCUT2D eigenvalue weighted by atomic mass is 35.5. The van der Waals surface area contributed by atoms with Crippen molar-refractivity contribution in [2.24, 2.45) is 0 Å². The van der Waals surface area contributed by atoms with Gasteiger partial charge in [0.25, 0.3) is 0 Å². The summed E-state index contributed by atoms with van der Waals surface area (Å²) in [5, 5.41) is 2.13. The largest absolute Gasteiger partial charge is 0.485 e. The van der Waals surface area contributed by atoms with Crippen LogP contribution in [0.1, 0.15) is 5.01 Å². The van der Waals surface area contributed by atoms with Crippen molar-refractivity contribution in [3.05, 3.63) is 56.5 Å². The number of hydrogen-bond donors (Lipinski definition) is 0. The molecular weight excluding hydrogens is 337 g/mol. The minimum Gasteiger partial charge on any atom is -0.485 e. The monoisotopic (exact) mass is 343 g/mol. The second kappa shape index (κ2) is 5.78. The van der Waals surface area contributed by atoms with E-state index in [9.17, 15) is 0 Å². The summed E-state index contributed by atoms with van der Waals surface area (Å²) in [6.07, 6.45) is 0. The molecule has 0 bridgehead atoms. The molecule has 0 aliphatic carbocycles. The molecule has 0 N–H and O–H groups in total. The minimum atomic E-state index is 0.344. The van der Waals surface area contributed by atoms with Gasteiger partial charge in [-0.25, -0.2) is 4.98 Å². The number of ether oxygens (including phenoxy) is 1. The van der Waals surface area contributed by atoms with Crippen molar-refractivity contribution < 1.29 is 4.74 Å². The molecule has 0 unspecified atom stereocenters. The van der Waals surface area contributed by atoms with E-state index in [1.165, 1.54) is 0 Å². The fourth-order valence-electron chi connectivity index (χ4n) is 1.74. The molecule has 3 rings (SSSR count). The number of para-hydroxylation sites is 1. The molecule has 20 heavy (non-hydrogen) atoms. The molecule has 0 aliphatic heterocycles. The Kier molecular flexibility index (Phi) is 4.03. The van der Waals surface area contributed by atoms with Crippen LogP contribution in [0.2, 0.25) is 15.1 Å². The highest BCUT2D eigenvalue weighted by Gasteiger charge is 2.09. The second-order valence-corrected chi connectivity index (χ2v) is 6.40. The van der Waals surface area contributed by atoms with Gasteiger partial charge in [-0.2, -0.15) is 0 Å². The molecule has 1 aromatic heterocycles. The number of benzene rings is 2. The number of nitrogens with zero attached hydrogens (tertiary/aromatic N) is 1. The van der Waals surface area contributed by atoms with Gasteiger partial charge in [0.2, 0.25) is 0 Å². The van der Waals surface area contributed by atoms with Crippen LogP contribution in [0.15, 0.2) is 36.4 Å². The molecule has 0 radical (unpaired) electrons. The van der Waals surface area contributed by atoms with Crippen molar-refractivity contribution in [3.63, 3.8) is 0 Å². The van der Waals surface area contributed by atoms with Gasteiger partial charge < -0.3 is 4.74 Å². The summed E-state index contributed by atoms with van der Waals surface area (Å²) < 4.78 is 6.79. The third-order valence-corrected chi connectivity index (χ3v) is 4.69. The van der Waals surface area contributed by atoms with Gasteiger partial charge in [0.1, 0.15) is 17.4 Å². The Bertz CT molecular complexity index is 739. The zero-order valence-electron chi connectivity index (χ0n) is 10.1. The fourth-order valence-corrected chi connectivity index (χ4v) is 3.21. The van der Waals surface area contributed by atoms with E-state index in [2.05, 4.69) is 4.98 Å². The van der Waals surface area contributed by atoms with Crippen molar-refractivity contribution >= 4 is 56.4 Å². The second-order valence-electron chi connectivity index (χ2n) is 4.06. The molecule has 3 aromatic rings. The summed E-state index contributed by atoms with van der Waals surface area (Å²) in [6.45, 7) is 0.344. The van der Waals surface area contributed by atoms with Gasteiger partial charge in [-0.3, -0.25) is 0 Å². The first-order valence-electron chi connectivity index (χ1n) is 5.75. The third-order valence-electron chi connectivity index (χ3n) is 2.66. The Hall–Kier alpha value is -1.00. The van der Waals surface area contributed by atoms with E-state index in [0.717, 1.165) is 15.2 Å². The first kappa shape index (κ1) is 14.0. The summed E-state index contributed by atoms with van der Waals surface area (Å²) in [5.41, 5.74) is 0.969. The van der Waals surface area contributed by atoms with Crippen molar-refractivity contribution in [1.82, 2.24) is 4.98 Å². The zero-order chi connectivity index (χ0) is 14.1. The summed E-state index contributed by atoms with van der Waals surface area (Å²) >= 11 is 19.5. The van der Waals surface area contributed by atoms with Gasteiger partial charge in [-0.1, -0.05) is 46.9 Å². The Morgan fingerprint density at radius 3 is 2.55 bits per heavy atom. The van der Waals surface area contributed by atoms with Gasteiger partial charge >= 0.3 is 0 Å². The normalized spacial score (nSPS) is 10.9. The summed E-state index contributed by atoms with van der Waals surface area (Å²) in [5.74, 6) is 0.500. The van der Waals surface area contributed by atoms with Gasteiger partial charge in [0.05, 0.1) is 25.3 Å². The SMILES string of the molecule is Clc1cc(Cl)c(OCc2nc3ccccc3s2)cc1Cl. The molecule has 0 spiro atoms. The van der Waals surface area contributed by atoms with E-state index in [1.807, 2.05) is 24.3 Å². The number of aromatic nitrogens is 1. The quantitative estimate of drug-likeness (QED) is 0.557. The smallest absolute Gasteiger partial charge is 0.140 e. The number of halogens is 3. The summed E-state index contributed by atoms with van der Waals surface area (Å²) in [7, 11) is 0. The predicted octanol–water partition coefficient (Wildman–Crippen LogP) is 5.84. The first-order chi connectivity index (χ1) is 9.63. The maximum atomic E-state index is 6.06. The Labute approximate surface area is 134 Å². The van der Waals surface area contributed by atoms with Crippen LogP contribution in [0.5, 0.6) is 5.75 Å². The molecule has 6 heteroatoms. The highest BCUT2D eigenvalue weighted by molar-refractivity contribution is 7.18. The minimum absolute atomic E-state index is 0.344. The topological polar surface area (TPSA) is 22.1 Å². The molecule has 0 atom stereocenters. The molecule has 102 valence electrons. The van der Waals surface area contributed by atoms with E-state index in [4.69, 9.17) is 39.5 Å². The first-order valence-corrected chi connectivity index (χ1v) is 7.70. The molecule has 0 fully saturated rings. The van der Waals surface area contributed by atoms with Gasteiger partial charge in [0.15, 0.2) is 0 Å². The lowest BCUT2D eigenvalue weighted by Gasteiger charge is -2.07. The van der Waals surface area contributed by atoms with E-state index < -0.39 is 0 Å². The molecule has 0 amide bonds. The lowest BCUT2D eigenvalue weighted by molar-refractivity contribution is 0.306. The van der Waals surface area contributed by atoms with E-state index in [1.54, 1.807) is 23.5 Å². The predicted molar refractivity (Wildman–Crippen MR) is 85.4 cm³/mol. The Morgan fingerprint density at radius 1 is 1.00 bits per heavy atom. The van der Waals surface area contributed by atoms with Crippen molar-refractivity contribution in [3.8, 4) is 5.75 Å². The molecule has 1 heterocycles. The third kappa shape index (κ3) is 2.86. The van der Waals surface area contributed by atoms with Gasteiger partial charge in [-0.15, -0.1) is 11.3 Å². The Balaban J connectivity index is 1.81. The molecular formula is C14H8Cl3NOS. The van der Waals surface area contributed by atoms with Crippen LogP contribution in [0, 0.1) is 0 Å². The summed E-state index contributed by atoms with van der Waals surface area (Å²) in [4.78, 5) is 4.49. The van der Waals surface area contributed by atoms with E-state index in [0.29, 0.717) is 27.4 Å². The average molecular weight is 345 g/mol. The van der Waals surface area contributed by atoms with Crippen molar-refractivity contribution in [1.29, 1.82) is 0 Å². The number of thiazole rings is 1. The van der Waals surface area contributed by atoms with Gasteiger partial charge in [-0.05, 0) is 18.2 Å². The van der Waals surface area contributed by atoms with Gasteiger partial charge in [0, 0.05) is 6.07 Å². The lowest BCUT2D eigenvalue weighted by Crippen LogP contribution is -1.95. The average Bonchev–Trinajstić information content (AvgIpc) is 2.84. The van der Waals surface area contributed by atoms with E-state index in [-0.39, 0.29) is 0 Å². The molecule has 2 nitrogen and oxygen atoms in total. The number of rotatable bonds is 3. The maximum absolute atomic E-state index is 6.06. The zero-order valence-corrected chi connectivity index (χ0v) is 13.2. The van der Waals surface area contributed by atoms with Crippen LogP contribution in [-0.4, -0.2) is 4.98 Å². The molecule has 0 aliphatic rings. The lowest BCUT2D eigenvalue weighted by atomic mass is 10.3. The number of fused-ring (bicyclic) bond motifs is 1. The highest BCUT2D eigenvalue weighted by Crippen LogP contribution is 2.34. The van der Waals surface area contributed by atoms with Crippen LogP contribution in [0.4, 0.5) is 0 Å². The Morgan fingerprint density at radius 2 is 1.75 bits per heavy atom. The standard InChI is InChI=1S/C14H8Cl3NOS/c15-8-5-10(17)12(6-9(8)16)19-7-14-18-11-3-1-2-4-13(11)20-14/h1-6H,7H2. The van der Waals surface area contributed by atoms with Crippen LogP contribution in [0.25, 0.3) is 10.2 Å². The summed E-state index contributed by atoms with van der Waals surface area (Å²) in [6, 6.07) is 11.1. The number of hydrogen-bond acceptors (Lipinski definition) is 3. The fraction of sp³-hybridized carbons (Fsp3) is 0.0714. The van der Waals surface area contributed by atoms with E-state index >= 15 is 0 Å². The van der Waals surface area contributed by atoms with Crippen LogP contribution in [-0.2, 0) is 6.61 Å². The van der Waals surface area contributed by atoms with Crippen LogP contribution >= 0.6 is 46.1 Å². The molecule has 2 aromatic carbocycles. The maximum Gasteiger partial charge on any atom is 0.140 e. The molecule has 0 saturated carbocycles.